The number of carboxylic acid groups (broad SMARTS) is 1. The van der Waals surface area contributed by atoms with E-state index in [0.717, 1.165) is 53.9 Å². The maximum Gasteiger partial charge on any atom is 0.325 e. The third kappa shape index (κ3) is 9.81. The standard InChI is InChI=1S/C38H43N3O5S/c1-3-4-5-6-7-20-46-32-16-14-27(15-17-32)31-23-39-36(40-24-31)29-10-8-26(9-11-29)21-30(37(43)41-25(2)38(44)45)22-33(42)35-19-18-34(47-35)28-12-13-28/h8-11,14-19,23-25,28,30H,3-7,12-13,20-22H2,1-2H3,(H,41,43)(H,44,45)/t25-,30-/m1/s1. The average molecular weight is 654 g/mol. The normalized spacial score (nSPS) is 13.9. The van der Waals surface area contributed by atoms with Crippen molar-refractivity contribution >= 4 is 29.0 Å². The van der Waals surface area contributed by atoms with Crippen LogP contribution in [0.5, 0.6) is 5.75 Å². The summed E-state index contributed by atoms with van der Waals surface area (Å²) in [7, 11) is 0. The van der Waals surface area contributed by atoms with Crippen molar-refractivity contribution in [3.05, 3.63) is 88.4 Å². The molecule has 2 heterocycles. The lowest BCUT2D eigenvalue weighted by Crippen LogP contribution is -2.42. The van der Waals surface area contributed by atoms with Crippen LogP contribution < -0.4 is 10.1 Å². The number of rotatable bonds is 18. The quantitative estimate of drug-likeness (QED) is 0.0822. The van der Waals surface area contributed by atoms with Crippen LogP contribution in [-0.4, -0.2) is 45.4 Å². The Labute approximate surface area is 280 Å². The fourth-order valence-electron chi connectivity index (χ4n) is 5.40. The number of unbranched alkanes of at least 4 members (excludes halogenated alkanes) is 4. The minimum Gasteiger partial charge on any atom is -0.494 e. The molecule has 8 nitrogen and oxygen atoms in total. The maximum atomic E-state index is 13.2. The van der Waals surface area contributed by atoms with Gasteiger partial charge >= 0.3 is 5.97 Å². The summed E-state index contributed by atoms with van der Waals surface area (Å²) in [4.78, 5) is 48.8. The Hall–Kier alpha value is -4.37. The fraction of sp³-hybridized carbons (Fsp3) is 0.395. The predicted molar refractivity (Wildman–Crippen MR) is 185 cm³/mol. The largest absolute Gasteiger partial charge is 0.494 e. The first-order chi connectivity index (χ1) is 22.8. The number of aliphatic carboxylic acids is 1. The number of carbonyl (C=O) groups is 3. The van der Waals surface area contributed by atoms with Gasteiger partial charge in [0.2, 0.25) is 5.91 Å². The number of hydrogen-bond donors (Lipinski definition) is 2. The third-order valence-corrected chi connectivity index (χ3v) is 9.75. The molecule has 9 heteroatoms. The monoisotopic (exact) mass is 653 g/mol. The van der Waals surface area contributed by atoms with Gasteiger partial charge in [0.15, 0.2) is 11.6 Å². The van der Waals surface area contributed by atoms with Crippen molar-refractivity contribution in [1.29, 1.82) is 0 Å². The number of amides is 1. The van der Waals surface area contributed by atoms with Gasteiger partial charge in [0, 0.05) is 40.7 Å². The van der Waals surface area contributed by atoms with Crippen molar-refractivity contribution < 1.29 is 24.2 Å². The molecule has 4 aromatic rings. The molecule has 2 atom stereocenters. The summed E-state index contributed by atoms with van der Waals surface area (Å²) < 4.78 is 5.88. The van der Waals surface area contributed by atoms with Crippen molar-refractivity contribution in [3.63, 3.8) is 0 Å². The van der Waals surface area contributed by atoms with E-state index in [0.29, 0.717) is 23.0 Å². The molecule has 246 valence electrons. The van der Waals surface area contributed by atoms with Crippen molar-refractivity contribution in [2.45, 2.75) is 83.6 Å². The first-order valence-electron chi connectivity index (χ1n) is 16.6. The van der Waals surface area contributed by atoms with E-state index in [2.05, 4.69) is 22.2 Å². The zero-order valence-electron chi connectivity index (χ0n) is 27.1. The molecule has 2 aromatic carbocycles. The second-order valence-corrected chi connectivity index (χ2v) is 13.5. The first-order valence-corrected chi connectivity index (χ1v) is 17.4. The van der Waals surface area contributed by atoms with Gasteiger partial charge < -0.3 is 15.2 Å². The minimum atomic E-state index is -1.12. The van der Waals surface area contributed by atoms with Gasteiger partial charge in [0.05, 0.1) is 11.5 Å². The van der Waals surface area contributed by atoms with Gasteiger partial charge in [-0.1, -0.05) is 69.0 Å². The number of Topliss-reactive ketones (excluding diaryl/α,β-unsaturated/α-hetero) is 1. The van der Waals surface area contributed by atoms with Gasteiger partial charge in [-0.2, -0.15) is 0 Å². The summed E-state index contributed by atoms with van der Waals surface area (Å²) >= 11 is 1.50. The smallest absolute Gasteiger partial charge is 0.325 e. The van der Waals surface area contributed by atoms with E-state index in [1.54, 1.807) is 12.4 Å². The second kappa shape index (κ2) is 16.5. The molecule has 1 aliphatic carbocycles. The summed E-state index contributed by atoms with van der Waals surface area (Å²) in [6, 6.07) is 18.4. The summed E-state index contributed by atoms with van der Waals surface area (Å²) in [5.41, 5.74) is 3.59. The lowest BCUT2D eigenvalue weighted by molar-refractivity contribution is -0.141. The van der Waals surface area contributed by atoms with Crippen LogP contribution in [0.3, 0.4) is 0 Å². The predicted octanol–water partition coefficient (Wildman–Crippen LogP) is 8.12. The van der Waals surface area contributed by atoms with Gasteiger partial charge in [-0.05, 0) is 73.9 Å². The number of aromatic nitrogens is 2. The Kier molecular flexibility index (Phi) is 11.9. The first kappa shape index (κ1) is 34.0. The van der Waals surface area contributed by atoms with Gasteiger partial charge in [0.1, 0.15) is 11.8 Å². The van der Waals surface area contributed by atoms with Gasteiger partial charge in [0.25, 0.3) is 0 Å². The van der Waals surface area contributed by atoms with Crippen molar-refractivity contribution in [2.24, 2.45) is 5.92 Å². The molecule has 0 aliphatic heterocycles. The number of nitrogens with one attached hydrogen (secondary N) is 1. The zero-order chi connectivity index (χ0) is 33.2. The van der Waals surface area contributed by atoms with Crippen LogP contribution in [0.15, 0.2) is 73.1 Å². The molecule has 2 N–H and O–H groups in total. The number of benzene rings is 2. The van der Waals surface area contributed by atoms with Gasteiger partial charge in [-0.25, -0.2) is 9.97 Å². The van der Waals surface area contributed by atoms with E-state index in [1.165, 1.54) is 48.8 Å². The second-order valence-electron chi connectivity index (χ2n) is 12.4. The van der Waals surface area contributed by atoms with Crippen LogP contribution in [0.25, 0.3) is 22.5 Å². The number of nitrogens with zero attached hydrogens (tertiary/aromatic N) is 2. The Bertz CT molecular complexity index is 1630. The summed E-state index contributed by atoms with van der Waals surface area (Å²) in [5, 5.41) is 11.9. The molecule has 0 unspecified atom stereocenters. The maximum absolute atomic E-state index is 13.2. The van der Waals surface area contributed by atoms with E-state index in [1.807, 2.05) is 60.7 Å². The molecule has 47 heavy (non-hydrogen) atoms. The van der Waals surface area contributed by atoms with Crippen LogP contribution >= 0.6 is 11.3 Å². The highest BCUT2D eigenvalue weighted by atomic mass is 32.1. The molecule has 0 radical (unpaired) electrons. The van der Waals surface area contributed by atoms with Crippen molar-refractivity contribution in [3.8, 4) is 28.3 Å². The molecule has 1 aliphatic rings. The zero-order valence-corrected chi connectivity index (χ0v) is 27.9. The Morgan fingerprint density at radius 3 is 2.23 bits per heavy atom. The number of hydrogen-bond acceptors (Lipinski definition) is 7. The van der Waals surface area contributed by atoms with Gasteiger partial charge in [-0.15, -0.1) is 11.3 Å². The minimum absolute atomic E-state index is 0.00126. The molecule has 0 spiro atoms. The number of carbonyl (C=O) groups excluding carboxylic acids is 2. The van der Waals surface area contributed by atoms with Crippen LogP contribution in [0.2, 0.25) is 0 Å². The molecule has 0 saturated heterocycles. The lowest BCUT2D eigenvalue weighted by Gasteiger charge is -2.18. The molecule has 0 bridgehead atoms. The Morgan fingerprint density at radius 1 is 0.894 bits per heavy atom. The molecule has 1 amide bonds. The van der Waals surface area contributed by atoms with Crippen LogP contribution in [-0.2, 0) is 16.0 Å². The third-order valence-electron chi connectivity index (χ3n) is 8.46. The van der Waals surface area contributed by atoms with Crippen molar-refractivity contribution in [2.75, 3.05) is 6.61 Å². The van der Waals surface area contributed by atoms with Gasteiger partial charge in [-0.3, -0.25) is 14.4 Å². The van der Waals surface area contributed by atoms with E-state index in [-0.39, 0.29) is 12.2 Å². The lowest BCUT2D eigenvalue weighted by atomic mass is 9.92. The molecule has 2 aromatic heterocycles. The fourth-order valence-corrected chi connectivity index (χ4v) is 6.53. The molecular formula is C38H43N3O5S. The van der Waals surface area contributed by atoms with Crippen LogP contribution in [0, 0.1) is 5.92 Å². The number of ketones is 1. The summed E-state index contributed by atoms with van der Waals surface area (Å²) in [6.45, 7) is 4.36. The highest BCUT2D eigenvalue weighted by Crippen LogP contribution is 2.43. The topological polar surface area (TPSA) is 118 Å². The Morgan fingerprint density at radius 2 is 1.57 bits per heavy atom. The molecule has 1 saturated carbocycles. The van der Waals surface area contributed by atoms with E-state index in [4.69, 9.17) is 4.74 Å². The summed E-state index contributed by atoms with van der Waals surface area (Å²) in [5.74, 6) is -0.395. The SMILES string of the molecule is CCCCCCCOc1ccc(-c2cnc(-c3ccc(C[C@H](CC(=O)c4ccc(C5CC5)s4)C(=O)N[C@H](C)C(=O)O)cc3)nc2)cc1. The van der Waals surface area contributed by atoms with E-state index >= 15 is 0 Å². The molecule has 5 rings (SSSR count). The van der Waals surface area contributed by atoms with Crippen LogP contribution in [0.4, 0.5) is 0 Å². The average Bonchev–Trinajstić information content (AvgIpc) is 3.82. The van der Waals surface area contributed by atoms with E-state index in [9.17, 15) is 19.5 Å². The number of ether oxygens (including phenoxy) is 1. The van der Waals surface area contributed by atoms with E-state index < -0.39 is 23.8 Å². The highest BCUT2D eigenvalue weighted by molar-refractivity contribution is 7.14. The molecule has 1 fully saturated rings. The summed E-state index contributed by atoms with van der Waals surface area (Å²) in [6.07, 6.45) is 12.2. The highest BCUT2D eigenvalue weighted by Gasteiger charge is 2.29. The number of thiophene rings is 1. The molecular weight excluding hydrogens is 611 g/mol. The van der Waals surface area contributed by atoms with Crippen LogP contribution in [0.1, 0.15) is 91.2 Å². The Balaban J connectivity index is 1.20. The number of carboxylic acids is 1. The van der Waals surface area contributed by atoms with Crippen molar-refractivity contribution in [1.82, 2.24) is 15.3 Å².